The van der Waals surface area contributed by atoms with Crippen molar-refractivity contribution in [2.45, 2.75) is 17.5 Å². The third kappa shape index (κ3) is 5.02. The van der Waals surface area contributed by atoms with Crippen molar-refractivity contribution in [3.05, 3.63) is 95.6 Å². The lowest BCUT2D eigenvalue weighted by atomic mass is 10.1. The monoisotopic (exact) mass is 433 g/mol. The molecule has 1 N–H and O–H groups in total. The van der Waals surface area contributed by atoms with Gasteiger partial charge in [0.1, 0.15) is 22.3 Å². The van der Waals surface area contributed by atoms with E-state index in [1.807, 2.05) is 0 Å². The highest BCUT2D eigenvalue weighted by molar-refractivity contribution is 7.89. The average molecular weight is 433 g/mol. The number of sulfonamides is 1. The lowest BCUT2D eigenvalue weighted by molar-refractivity contribution is 0.145. The number of ether oxygens (including phenoxy) is 1. The van der Waals surface area contributed by atoms with E-state index < -0.39 is 32.7 Å². The Bertz CT molecular complexity index is 1110. The van der Waals surface area contributed by atoms with E-state index >= 15 is 0 Å². The summed E-state index contributed by atoms with van der Waals surface area (Å²) in [5, 5.41) is 10.7. The molecule has 0 spiro atoms. The fraction of sp³-hybridized carbons (Fsp3) is 0.182. The molecule has 0 amide bonds. The normalized spacial score (nSPS) is 12.7. The van der Waals surface area contributed by atoms with Crippen LogP contribution in [0.4, 0.5) is 8.78 Å². The highest BCUT2D eigenvalue weighted by Gasteiger charge is 2.30. The molecule has 3 aromatic carbocycles. The SMILES string of the molecule is COc1cccc([C@H](O)CN(Cc2ccccc2)S(=O)(=O)c2cc(F)ccc2F)c1. The molecule has 1 atom stereocenters. The van der Waals surface area contributed by atoms with E-state index in [9.17, 15) is 22.3 Å². The van der Waals surface area contributed by atoms with Gasteiger partial charge in [-0.05, 0) is 41.5 Å². The second-order valence-corrected chi connectivity index (χ2v) is 8.56. The van der Waals surface area contributed by atoms with E-state index in [0.29, 0.717) is 22.9 Å². The molecule has 0 heterocycles. The molecule has 0 aliphatic rings. The van der Waals surface area contributed by atoms with Gasteiger partial charge in [-0.1, -0.05) is 42.5 Å². The van der Waals surface area contributed by atoms with Crippen molar-refractivity contribution in [2.24, 2.45) is 0 Å². The molecule has 3 rings (SSSR count). The maximum atomic E-state index is 14.3. The van der Waals surface area contributed by atoms with Crippen molar-refractivity contribution in [3.63, 3.8) is 0 Å². The summed E-state index contributed by atoms with van der Waals surface area (Å²) in [7, 11) is -2.97. The average Bonchev–Trinajstić information content (AvgIpc) is 2.75. The van der Waals surface area contributed by atoms with Crippen LogP contribution >= 0.6 is 0 Å². The van der Waals surface area contributed by atoms with Crippen LogP contribution in [0.15, 0.2) is 77.7 Å². The molecule has 0 aliphatic heterocycles. The molecule has 0 radical (unpaired) electrons. The summed E-state index contributed by atoms with van der Waals surface area (Å²) in [6, 6.07) is 17.5. The predicted molar refractivity (Wildman–Crippen MR) is 108 cm³/mol. The van der Waals surface area contributed by atoms with Crippen LogP contribution in [0.25, 0.3) is 0 Å². The first-order chi connectivity index (χ1) is 14.3. The Balaban J connectivity index is 1.98. The van der Waals surface area contributed by atoms with Gasteiger partial charge < -0.3 is 9.84 Å². The summed E-state index contributed by atoms with van der Waals surface area (Å²) in [6.45, 7) is -0.486. The van der Waals surface area contributed by atoms with Gasteiger partial charge in [-0.25, -0.2) is 17.2 Å². The quantitative estimate of drug-likeness (QED) is 0.585. The smallest absolute Gasteiger partial charge is 0.246 e. The van der Waals surface area contributed by atoms with Gasteiger partial charge in [0, 0.05) is 13.1 Å². The number of nitrogens with zero attached hydrogens (tertiary/aromatic N) is 1. The number of benzene rings is 3. The Hall–Kier alpha value is -2.81. The highest BCUT2D eigenvalue weighted by Crippen LogP contribution is 2.26. The zero-order valence-electron chi connectivity index (χ0n) is 16.2. The lowest BCUT2D eigenvalue weighted by Crippen LogP contribution is -2.35. The Morgan fingerprint density at radius 3 is 2.43 bits per heavy atom. The van der Waals surface area contributed by atoms with Crippen molar-refractivity contribution in [1.29, 1.82) is 0 Å². The Morgan fingerprint density at radius 1 is 1.00 bits per heavy atom. The van der Waals surface area contributed by atoms with E-state index in [-0.39, 0.29) is 13.1 Å². The fourth-order valence-corrected chi connectivity index (χ4v) is 4.51. The zero-order chi connectivity index (χ0) is 21.7. The van der Waals surface area contributed by atoms with Crippen molar-refractivity contribution in [3.8, 4) is 5.75 Å². The van der Waals surface area contributed by atoms with Gasteiger partial charge in [0.05, 0.1) is 13.2 Å². The summed E-state index contributed by atoms with van der Waals surface area (Å²) >= 11 is 0. The highest BCUT2D eigenvalue weighted by atomic mass is 32.2. The van der Waals surface area contributed by atoms with Crippen LogP contribution in [0.3, 0.4) is 0 Å². The molecule has 30 heavy (non-hydrogen) atoms. The number of hydrogen-bond donors (Lipinski definition) is 1. The number of halogens is 2. The summed E-state index contributed by atoms with van der Waals surface area (Å²) in [5.74, 6) is -1.44. The maximum absolute atomic E-state index is 14.3. The molecule has 0 aliphatic carbocycles. The van der Waals surface area contributed by atoms with E-state index in [1.54, 1.807) is 54.6 Å². The van der Waals surface area contributed by atoms with Crippen LogP contribution in [0.2, 0.25) is 0 Å². The molecule has 0 fully saturated rings. The first kappa shape index (κ1) is 21.9. The molecule has 0 aromatic heterocycles. The van der Waals surface area contributed by atoms with Crippen molar-refractivity contribution >= 4 is 10.0 Å². The van der Waals surface area contributed by atoms with Gasteiger partial charge in [0.25, 0.3) is 0 Å². The first-order valence-electron chi connectivity index (χ1n) is 9.12. The third-order valence-corrected chi connectivity index (χ3v) is 6.39. The molecule has 158 valence electrons. The molecule has 0 saturated heterocycles. The maximum Gasteiger partial charge on any atom is 0.246 e. The number of rotatable bonds is 8. The summed E-state index contributed by atoms with van der Waals surface area (Å²) in [6.07, 6.45) is -1.21. The minimum absolute atomic E-state index is 0.125. The lowest BCUT2D eigenvalue weighted by Gasteiger charge is -2.25. The zero-order valence-corrected chi connectivity index (χ0v) is 17.0. The Morgan fingerprint density at radius 2 is 1.73 bits per heavy atom. The summed E-state index contributed by atoms with van der Waals surface area (Å²) < 4.78 is 60.4. The van der Waals surface area contributed by atoms with E-state index in [2.05, 4.69) is 0 Å². The van der Waals surface area contributed by atoms with Crippen LogP contribution in [0.5, 0.6) is 5.75 Å². The van der Waals surface area contributed by atoms with Crippen LogP contribution in [-0.4, -0.2) is 31.5 Å². The number of aliphatic hydroxyl groups excluding tert-OH is 1. The van der Waals surface area contributed by atoms with Crippen molar-refractivity contribution < 1.29 is 27.0 Å². The molecule has 8 heteroatoms. The molecule has 5 nitrogen and oxygen atoms in total. The van der Waals surface area contributed by atoms with Gasteiger partial charge in [-0.3, -0.25) is 0 Å². The van der Waals surface area contributed by atoms with Gasteiger partial charge in [-0.15, -0.1) is 0 Å². The summed E-state index contributed by atoms with van der Waals surface area (Å²) in [4.78, 5) is -0.781. The largest absolute Gasteiger partial charge is 0.497 e. The third-order valence-electron chi connectivity index (χ3n) is 4.57. The van der Waals surface area contributed by atoms with Crippen LogP contribution in [0.1, 0.15) is 17.2 Å². The van der Waals surface area contributed by atoms with Gasteiger partial charge >= 0.3 is 0 Å². The number of methoxy groups -OCH3 is 1. The number of aliphatic hydroxyl groups is 1. The summed E-state index contributed by atoms with van der Waals surface area (Å²) in [5.41, 5.74) is 1.07. The second-order valence-electron chi connectivity index (χ2n) is 6.65. The van der Waals surface area contributed by atoms with Crippen molar-refractivity contribution in [2.75, 3.05) is 13.7 Å². The van der Waals surface area contributed by atoms with Crippen LogP contribution < -0.4 is 4.74 Å². The Kier molecular flexibility index (Phi) is 6.81. The minimum atomic E-state index is -4.44. The molecule has 3 aromatic rings. The first-order valence-corrected chi connectivity index (χ1v) is 10.6. The molecule has 0 saturated carbocycles. The fourth-order valence-electron chi connectivity index (χ4n) is 3.00. The predicted octanol–water partition coefficient (Wildman–Crippen LogP) is 3.90. The van der Waals surface area contributed by atoms with Crippen molar-refractivity contribution in [1.82, 2.24) is 4.31 Å². The molecule has 0 bridgehead atoms. The molecular formula is C22H21F2NO4S. The second kappa shape index (κ2) is 9.34. The van der Waals surface area contributed by atoms with Crippen LogP contribution in [-0.2, 0) is 16.6 Å². The van der Waals surface area contributed by atoms with Gasteiger partial charge in [0.2, 0.25) is 10.0 Å². The van der Waals surface area contributed by atoms with E-state index in [0.717, 1.165) is 16.4 Å². The van der Waals surface area contributed by atoms with Gasteiger partial charge in [0.15, 0.2) is 0 Å². The Labute approximate surface area is 174 Å². The van der Waals surface area contributed by atoms with E-state index in [4.69, 9.17) is 4.74 Å². The molecular weight excluding hydrogens is 412 g/mol. The minimum Gasteiger partial charge on any atom is -0.497 e. The standard InChI is InChI=1S/C22H21F2NO4S/c1-29-19-9-5-8-17(12-19)21(26)15-25(14-16-6-3-2-4-7-16)30(27,28)22-13-18(23)10-11-20(22)24/h2-13,21,26H,14-15H2,1H3/t21-/m1/s1. The number of hydrogen-bond acceptors (Lipinski definition) is 4. The topological polar surface area (TPSA) is 66.8 Å². The molecule has 0 unspecified atom stereocenters. The van der Waals surface area contributed by atoms with Gasteiger partial charge in [-0.2, -0.15) is 4.31 Å². The van der Waals surface area contributed by atoms with Crippen LogP contribution in [0, 0.1) is 11.6 Å². The van der Waals surface area contributed by atoms with E-state index in [1.165, 1.54) is 7.11 Å².